The molecule has 0 heterocycles. The molecule has 0 bridgehead atoms. The minimum atomic E-state index is -0.561. The Morgan fingerprint density at radius 2 is 2.20 bits per heavy atom. The molecule has 0 aliphatic heterocycles. The third-order valence-corrected chi connectivity index (χ3v) is 2.90. The average Bonchev–Trinajstić information content (AvgIpc) is 2.15. The summed E-state index contributed by atoms with van der Waals surface area (Å²) in [4.78, 5) is 21.6. The second-order valence-corrected chi connectivity index (χ2v) is 4.38. The van der Waals surface area contributed by atoms with Gasteiger partial charge in [0.2, 0.25) is 0 Å². The minimum absolute atomic E-state index is 0.0983. The number of nitro groups is 1. The molecule has 0 radical (unpaired) electrons. The third kappa shape index (κ3) is 2.66. The maximum absolute atomic E-state index is 11.4. The first kappa shape index (κ1) is 12.4. The smallest absolute Gasteiger partial charge is 0.281 e. The molecule has 1 rings (SSSR count). The first-order valence-corrected chi connectivity index (χ1v) is 5.62. The van der Waals surface area contributed by atoms with Crippen LogP contribution in [0.1, 0.15) is 15.9 Å². The fraction of sp³-hybridized carbons (Fsp3) is 0.222. The highest BCUT2D eigenvalue weighted by Crippen LogP contribution is 2.26. The standard InChI is InChI=1S/C9H7ClINO3/c1-5-2-6(11)9(8(13)4-10)7(3-5)12(14)15/h2-3H,4H2,1H3. The topological polar surface area (TPSA) is 60.2 Å². The number of nitrogens with zero attached hydrogens (tertiary/aromatic N) is 1. The predicted molar refractivity (Wildman–Crippen MR) is 65.6 cm³/mol. The Kier molecular flexibility index (Phi) is 4.04. The van der Waals surface area contributed by atoms with E-state index < -0.39 is 10.7 Å². The van der Waals surface area contributed by atoms with Crippen LogP contribution in [0.2, 0.25) is 0 Å². The van der Waals surface area contributed by atoms with Crippen LogP contribution in [0.4, 0.5) is 5.69 Å². The van der Waals surface area contributed by atoms with Gasteiger partial charge in [0.1, 0.15) is 5.56 Å². The molecule has 0 fully saturated rings. The fourth-order valence-electron chi connectivity index (χ4n) is 1.21. The van der Waals surface area contributed by atoms with Crippen molar-refractivity contribution in [3.63, 3.8) is 0 Å². The molecular weight excluding hydrogens is 332 g/mol. The number of alkyl halides is 1. The molecule has 0 saturated carbocycles. The first-order valence-electron chi connectivity index (χ1n) is 4.01. The van der Waals surface area contributed by atoms with Gasteiger partial charge < -0.3 is 0 Å². The van der Waals surface area contributed by atoms with Crippen LogP contribution in [0.3, 0.4) is 0 Å². The summed E-state index contributed by atoms with van der Waals surface area (Å²) >= 11 is 7.30. The Balaban J connectivity index is 3.46. The highest BCUT2D eigenvalue weighted by Gasteiger charge is 2.22. The van der Waals surface area contributed by atoms with Crippen LogP contribution in [0.25, 0.3) is 0 Å². The van der Waals surface area contributed by atoms with Crippen LogP contribution < -0.4 is 0 Å². The third-order valence-electron chi connectivity index (χ3n) is 1.81. The molecule has 0 N–H and O–H groups in total. The average molecular weight is 340 g/mol. The lowest BCUT2D eigenvalue weighted by molar-refractivity contribution is -0.385. The number of hydrogen-bond donors (Lipinski definition) is 0. The molecule has 15 heavy (non-hydrogen) atoms. The number of halogens is 2. The number of benzene rings is 1. The molecule has 0 aliphatic carbocycles. The minimum Gasteiger partial charge on any atom is -0.293 e. The van der Waals surface area contributed by atoms with Gasteiger partial charge in [-0.3, -0.25) is 14.9 Å². The second-order valence-electron chi connectivity index (χ2n) is 2.95. The Morgan fingerprint density at radius 1 is 1.60 bits per heavy atom. The van der Waals surface area contributed by atoms with Crippen molar-refractivity contribution in [2.75, 3.05) is 5.88 Å². The lowest BCUT2D eigenvalue weighted by atomic mass is 10.1. The van der Waals surface area contributed by atoms with Crippen molar-refractivity contribution in [2.24, 2.45) is 0 Å². The summed E-state index contributed by atoms with van der Waals surface area (Å²) in [6, 6.07) is 3.09. The maximum atomic E-state index is 11.4. The zero-order chi connectivity index (χ0) is 11.6. The van der Waals surface area contributed by atoms with Crippen molar-refractivity contribution in [3.05, 3.63) is 36.9 Å². The summed E-state index contributed by atoms with van der Waals surface area (Å²) in [7, 11) is 0. The maximum Gasteiger partial charge on any atom is 0.281 e. The van der Waals surface area contributed by atoms with Crippen molar-refractivity contribution in [2.45, 2.75) is 6.92 Å². The Bertz CT molecular complexity index is 434. The summed E-state index contributed by atoms with van der Waals surface area (Å²) in [5.74, 6) is -0.673. The van der Waals surface area contributed by atoms with E-state index in [2.05, 4.69) is 0 Å². The highest BCUT2D eigenvalue weighted by atomic mass is 127. The molecule has 1 aromatic rings. The van der Waals surface area contributed by atoms with Gasteiger partial charge >= 0.3 is 0 Å². The van der Waals surface area contributed by atoms with E-state index in [1.807, 2.05) is 22.6 Å². The second kappa shape index (κ2) is 4.89. The van der Waals surface area contributed by atoms with Crippen LogP contribution in [-0.4, -0.2) is 16.6 Å². The van der Waals surface area contributed by atoms with Crippen molar-refractivity contribution < 1.29 is 9.72 Å². The van der Waals surface area contributed by atoms with Gasteiger partial charge in [-0.05, 0) is 41.1 Å². The van der Waals surface area contributed by atoms with Gasteiger partial charge in [-0.1, -0.05) is 0 Å². The molecule has 0 amide bonds. The van der Waals surface area contributed by atoms with Crippen molar-refractivity contribution >= 4 is 45.7 Å². The molecule has 0 atom stereocenters. The van der Waals surface area contributed by atoms with Crippen LogP contribution in [0, 0.1) is 20.6 Å². The Morgan fingerprint density at radius 3 is 2.67 bits per heavy atom. The number of carbonyl (C=O) groups excluding carboxylic acids is 1. The molecule has 6 heteroatoms. The van der Waals surface area contributed by atoms with Crippen molar-refractivity contribution in [3.8, 4) is 0 Å². The summed E-state index contributed by atoms with van der Waals surface area (Å²) < 4.78 is 0.560. The fourth-order valence-corrected chi connectivity index (χ4v) is 2.41. The van der Waals surface area contributed by atoms with Crippen molar-refractivity contribution in [1.29, 1.82) is 0 Å². The van der Waals surface area contributed by atoms with Gasteiger partial charge in [0.05, 0.1) is 10.8 Å². The summed E-state index contributed by atoms with van der Waals surface area (Å²) in [5, 5.41) is 10.8. The lowest BCUT2D eigenvalue weighted by Crippen LogP contribution is -2.08. The number of rotatable bonds is 3. The van der Waals surface area contributed by atoms with Crippen LogP contribution in [0.15, 0.2) is 12.1 Å². The molecule has 0 aliphatic rings. The molecular formula is C9H7ClINO3. The van der Waals surface area contributed by atoms with Gasteiger partial charge in [0.15, 0.2) is 5.78 Å². The molecule has 0 unspecified atom stereocenters. The summed E-state index contributed by atoms with van der Waals surface area (Å²) in [5.41, 5.74) is 0.670. The van der Waals surface area contributed by atoms with E-state index >= 15 is 0 Å². The number of nitro benzene ring substituents is 1. The van der Waals surface area contributed by atoms with E-state index in [1.165, 1.54) is 6.07 Å². The van der Waals surface area contributed by atoms with E-state index in [-0.39, 0.29) is 17.1 Å². The zero-order valence-electron chi connectivity index (χ0n) is 7.79. The molecule has 4 nitrogen and oxygen atoms in total. The zero-order valence-corrected chi connectivity index (χ0v) is 10.7. The SMILES string of the molecule is Cc1cc(I)c(C(=O)CCl)c([N+](=O)[O-])c1. The van der Waals surface area contributed by atoms with E-state index in [1.54, 1.807) is 13.0 Å². The number of Topliss-reactive ketones (excluding diaryl/α,β-unsaturated/α-hetero) is 1. The molecule has 0 spiro atoms. The van der Waals surface area contributed by atoms with E-state index in [0.717, 1.165) is 5.56 Å². The van der Waals surface area contributed by atoms with Gasteiger partial charge in [-0.25, -0.2) is 0 Å². The number of hydrogen-bond acceptors (Lipinski definition) is 3. The normalized spacial score (nSPS) is 10.1. The van der Waals surface area contributed by atoms with Gasteiger partial charge in [-0.2, -0.15) is 0 Å². The number of carbonyl (C=O) groups is 1. The van der Waals surface area contributed by atoms with Gasteiger partial charge in [0, 0.05) is 9.64 Å². The van der Waals surface area contributed by atoms with Gasteiger partial charge in [-0.15, -0.1) is 11.6 Å². The van der Waals surface area contributed by atoms with Crippen LogP contribution in [-0.2, 0) is 0 Å². The van der Waals surface area contributed by atoms with Crippen molar-refractivity contribution in [1.82, 2.24) is 0 Å². The highest BCUT2D eigenvalue weighted by molar-refractivity contribution is 14.1. The Hall–Kier alpha value is -0.690. The van der Waals surface area contributed by atoms with E-state index in [4.69, 9.17) is 11.6 Å². The lowest BCUT2D eigenvalue weighted by Gasteiger charge is -2.04. The van der Waals surface area contributed by atoms with E-state index in [0.29, 0.717) is 3.57 Å². The van der Waals surface area contributed by atoms with E-state index in [9.17, 15) is 14.9 Å². The van der Waals surface area contributed by atoms with Gasteiger partial charge in [0.25, 0.3) is 5.69 Å². The number of aryl methyl sites for hydroxylation is 1. The largest absolute Gasteiger partial charge is 0.293 e. The monoisotopic (exact) mass is 339 g/mol. The Labute approximate surface area is 105 Å². The van der Waals surface area contributed by atoms with Crippen LogP contribution in [0.5, 0.6) is 0 Å². The first-order chi connectivity index (χ1) is 6.97. The molecule has 0 saturated heterocycles. The summed E-state index contributed by atoms with van der Waals surface area (Å²) in [6.07, 6.45) is 0. The molecule has 1 aromatic carbocycles. The molecule has 80 valence electrons. The summed E-state index contributed by atoms with van der Waals surface area (Å²) in [6.45, 7) is 1.74. The van der Waals surface area contributed by atoms with Crippen LogP contribution >= 0.6 is 34.2 Å². The quantitative estimate of drug-likeness (QED) is 0.280. The predicted octanol–water partition coefficient (Wildman–Crippen LogP) is 2.93. The number of ketones is 1. The molecule has 0 aromatic heterocycles.